The Balaban J connectivity index is 1.85. The van der Waals surface area contributed by atoms with Crippen LogP contribution in [0.1, 0.15) is 5.82 Å². The summed E-state index contributed by atoms with van der Waals surface area (Å²) in [6, 6.07) is 0.0542. The molecule has 0 unspecified atom stereocenters. The Labute approximate surface area is 146 Å². The Hall–Kier alpha value is -1.73. The van der Waals surface area contributed by atoms with Gasteiger partial charge in [0.15, 0.2) is 6.29 Å². The lowest BCUT2D eigenvalue weighted by Gasteiger charge is -2.42. The Morgan fingerprint density at radius 3 is 2.69 bits per heavy atom. The molecule has 5 atom stereocenters. The van der Waals surface area contributed by atoms with Gasteiger partial charge in [0.25, 0.3) is 0 Å². The highest BCUT2D eigenvalue weighted by atomic mass is 19.4. The molecule has 3 rings (SSSR count). The van der Waals surface area contributed by atoms with Gasteiger partial charge in [0.05, 0.1) is 20.3 Å². The Morgan fingerprint density at radius 1 is 1.35 bits per heavy atom. The monoisotopic (exact) mass is 381 g/mol. The predicted molar refractivity (Wildman–Crippen MR) is 78.4 cm³/mol. The van der Waals surface area contributed by atoms with Crippen molar-refractivity contribution in [3.8, 4) is 5.88 Å². The number of aromatic nitrogens is 2. The summed E-state index contributed by atoms with van der Waals surface area (Å²) < 4.78 is 59.6. The van der Waals surface area contributed by atoms with Crippen molar-refractivity contribution in [3.63, 3.8) is 0 Å². The van der Waals surface area contributed by atoms with Crippen molar-refractivity contribution >= 4 is 5.82 Å². The van der Waals surface area contributed by atoms with Gasteiger partial charge in [-0.05, 0) is 0 Å². The molecule has 0 amide bonds. The van der Waals surface area contributed by atoms with Crippen LogP contribution in [0.5, 0.6) is 5.88 Å². The average molecular weight is 381 g/mol. The van der Waals surface area contributed by atoms with Crippen molar-refractivity contribution in [2.24, 2.45) is 0 Å². The van der Waals surface area contributed by atoms with Crippen molar-refractivity contribution in [3.05, 3.63) is 11.9 Å². The van der Waals surface area contributed by atoms with Gasteiger partial charge < -0.3 is 34.5 Å². The predicted octanol–water partition coefficient (Wildman–Crippen LogP) is -0.222. The van der Waals surface area contributed by atoms with E-state index >= 15 is 0 Å². The van der Waals surface area contributed by atoms with Gasteiger partial charge in [0, 0.05) is 13.2 Å². The van der Waals surface area contributed by atoms with E-state index < -0.39 is 42.1 Å². The van der Waals surface area contributed by atoms with Crippen LogP contribution in [0.3, 0.4) is 0 Å². The summed E-state index contributed by atoms with van der Waals surface area (Å²) in [5, 5.41) is 23.4. The highest BCUT2D eigenvalue weighted by Crippen LogP contribution is 2.38. The second-order valence-corrected chi connectivity index (χ2v) is 6.02. The van der Waals surface area contributed by atoms with Crippen LogP contribution in [0.25, 0.3) is 0 Å². The van der Waals surface area contributed by atoms with Crippen LogP contribution in [0.4, 0.5) is 19.0 Å². The first-order chi connectivity index (χ1) is 12.2. The number of nitrogens with zero attached hydrogens (tertiary/aromatic N) is 2. The zero-order valence-electron chi connectivity index (χ0n) is 13.9. The van der Waals surface area contributed by atoms with E-state index in [2.05, 4.69) is 15.3 Å². The maximum atomic E-state index is 12.9. The number of halogens is 3. The molecule has 9 nitrogen and oxygen atoms in total. The fourth-order valence-electron chi connectivity index (χ4n) is 2.98. The molecule has 2 bridgehead atoms. The van der Waals surface area contributed by atoms with Crippen LogP contribution in [0.2, 0.25) is 0 Å². The summed E-state index contributed by atoms with van der Waals surface area (Å²) in [5.74, 6) is -1.99. The maximum Gasteiger partial charge on any atom is 0.451 e. The molecule has 1 aromatic rings. The van der Waals surface area contributed by atoms with E-state index in [1.165, 1.54) is 7.11 Å². The summed E-state index contributed by atoms with van der Waals surface area (Å²) in [7, 11) is 2.56. The smallest absolute Gasteiger partial charge is 0.451 e. The number of aliphatic hydroxyl groups excluding tert-OH is 2. The number of hydrogen-bond donors (Lipinski definition) is 3. The summed E-state index contributed by atoms with van der Waals surface area (Å²) in [6.07, 6.45) is -8.59. The van der Waals surface area contributed by atoms with Crippen LogP contribution < -0.4 is 10.1 Å². The van der Waals surface area contributed by atoms with E-state index in [0.29, 0.717) is 0 Å². The van der Waals surface area contributed by atoms with Gasteiger partial charge in [-0.1, -0.05) is 0 Å². The first kappa shape index (κ1) is 19.0. The van der Waals surface area contributed by atoms with Crippen molar-refractivity contribution in [2.75, 3.05) is 32.8 Å². The topological polar surface area (TPSA) is 115 Å². The third-order valence-corrected chi connectivity index (χ3v) is 4.23. The summed E-state index contributed by atoms with van der Waals surface area (Å²) in [6.45, 7) is -0.0587. The number of hydrogen-bond acceptors (Lipinski definition) is 9. The lowest BCUT2D eigenvalue weighted by molar-refractivity contribution is -0.227. The Kier molecular flexibility index (Phi) is 4.96. The first-order valence-corrected chi connectivity index (χ1v) is 7.61. The summed E-state index contributed by atoms with van der Waals surface area (Å²) >= 11 is 0. The van der Waals surface area contributed by atoms with E-state index in [0.717, 1.165) is 13.2 Å². The van der Waals surface area contributed by atoms with E-state index in [4.69, 9.17) is 18.9 Å². The molecule has 0 saturated carbocycles. The number of nitrogens with one attached hydrogen (secondary N) is 1. The molecule has 3 N–H and O–H groups in total. The largest absolute Gasteiger partial charge is 0.481 e. The SMILES string of the molecule is COC[C@@]12CO[C@@H](O1)[C@H](Nc1cc(OC)nc(C(F)(F)F)n1)[C@@H](O)[C@H]2O. The average Bonchev–Trinajstić information content (AvgIpc) is 2.99. The number of ether oxygens (including phenoxy) is 4. The van der Waals surface area contributed by atoms with Gasteiger partial charge in [-0.2, -0.15) is 18.2 Å². The van der Waals surface area contributed by atoms with Gasteiger partial charge in [0.1, 0.15) is 29.7 Å². The number of alkyl halides is 3. The Morgan fingerprint density at radius 2 is 2.08 bits per heavy atom. The zero-order valence-corrected chi connectivity index (χ0v) is 13.9. The van der Waals surface area contributed by atoms with Crippen LogP contribution in [-0.2, 0) is 20.4 Å². The van der Waals surface area contributed by atoms with Crippen molar-refractivity contribution < 1.29 is 42.3 Å². The lowest BCUT2D eigenvalue weighted by Crippen LogP contribution is -2.64. The minimum absolute atomic E-state index is 0.0198. The van der Waals surface area contributed by atoms with E-state index in [9.17, 15) is 23.4 Å². The second-order valence-electron chi connectivity index (χ2n) is 6.02. The van der Waals surface area contributed by atoms with Gasteiger partial charge in [-0.25, -0.2) is 4.98 Å². The molecular formula is C14H18F3N3O6. The molecule has 1 aromatic heterocycles. The van der Waals surface area contributed by atoms with Crippen LogP contribution in [0, 0.1) is 0 Å². The van der Waals surface area contributed by atoms with Gasteiger partial charge in [-0.3, -0.25) is 0 Å². The highest BCUT2D eigenvalue weighted by molar-refractivity contribution is 5.41. The van der Waals surface area contributed by atoms with Gasteiger partial charge >= 0.3 is 6.18 Å². The molecule has 0 radical (unpaired) electrons. The molecule has 3 heterocycles. The minimum atomic E-state index is -4.79. The standard InChI is InChI=1S/C14H18F3N3O6/c1-23-4-13-5-25-11(26-13)8(9(21)10(13)22)18-6-3-7(24-2)20-12(19-6)14(15,16)17/h3,8-11,21-22H,4-5H2,1-2H3,(H,18,19,20)/t8-,9-,10-,11+,13+/m1/s1. The van der Waals surface area contributed by atoms with Gasteiger partial charge in [0.2, 0.25) is 11.7 Å². The molecule has 146 valence electrons. The number of methoxy groups -OCH3 is 2. The number of fused-ring (bicyclic) bond motifs is 2. The van der Waals surface area contributed by atoms with E-state index in [-0.39, 0.29) is 24.9 Å². The van der Waals surface area contributed by atoms with Crippen molar-refractivity contribution in [2.45, 2.75) is 36.3 Å². The quantitative estimate of drug-likeness (QED) is 0.637. The lowest BCUT2D eigenvalue weighted by atomic mass is 9.88. The van der Waals surface area contributed by atoms with Gasteiger partial charge in [-0.15, -0.1) is 0 Å². The fourth-order valence-corrected chi connectivity index (χ4v) is 2.98. The van der Waals surface area contributed by atoms with E-state index in [1.807, 2.05) is 0 Å². The normalized spacial score (nSPS) is 34.0. The van der Waals surface area contributed by atoms with Crippen LogP contribution in [0.15, 0.2) is 6.07 Å². The molecule has 0 spiro atoms. The van der Waals surface area contributed by atoms with E-state index in [1.54, 1.807) is 0 Å². The molecular weight excluding hydrogens is 363 g/mol. The summed E-state index contributed by atoms with van der Waals surface area (Å²) in [4.78, 5) is 6.63. The van der Waals surface area contributed by atoms with Crippen LogP contribution in [-0.4, -0.2) is 77.8 Å². The molecule has 2 aliphatic rings. The second kappa shape index (κ2) is 6.78. The molecule has 0 aromatic carbocycles. The molecule has 12 heteroatoms. The molecule has 26 heavy (non-hydrogen) atoms. The Bertz CT molecular complexity index is 663. The fraction of sp³-hybridized carbons (Fsp3) is 0.714. The molecule has 2 aliphatic heterocycles. The third-order valence-electron chi connectivity index (χ3n) is 4.23. The maximum absolute atomic E-state index is 12.9. The number of aliphatic hydroxyl groups is 2. The molecule has 0 aliphatic carbocycles. The van der Waals surface area contributed by atoms with Crippen LogP contribution >= 0.6 is 0 Å². The number of rotatable bonds is 5. The third kappa shape index (κ3) is 3.30. The van der Waals surface area contributed by atoms with Crippen molar-refractivity contribution in [1.82, 2.24) is 9.97 Å². The molecule has 2 fully saturated rings. The molecule has 2 saturated heterocycles. The number of anilines is 1. The highest BCUT2D eigenvalue weighted by Gasteiger charge is 2.59. The first-order valence-electron chi connectivity index (χ1n) is 7.61. The summed E-state index contributed by atoms with van der Waals surface area (Å²) in [5.41, 5.74) is -1.24. The minimum Gasteiger partial charge on any atom is -0.481 e. The zero-order chi connectivity index (χ0) is 19.1. The van der Waals surface area contributed by atoms with Crippen molar-refractivity contribution in [1.29, 1.82) is 0 Å².